The summed E-state index contributed by atoms with van der Waals surface area (Å²) in [4.78, 5) is 4.09. The van der Waals surface area contributed by atoms with Crippen LogP contribution in [0.4, 0.5) is 11.4 Å². The number of nitrogen functional groups attached to an aromatic ring is 1. The lowest BCUT2D eigenvalue weighted by Crippen LogP contribution is -2.06. The Bertz CT molecular complexity index is 485. The van der Waals surface area contributed by atoms with Gasteiger partial charge in [-0.2, -0.15) is 0 Å². The number of aromatic nitrogens is 1. The van der Waals surface area contributed by atoms with Crippen LogP contribution >= 0.6 is 0 Å². The fourth-order valence-electron chi connectivity index (χ4n) is 1.67. The lowest BCUT2D eigenvalue weighted by Gasteiger charge is -2.12. The van der Waals surface area contributed by atoms with Gasteiger partial charge in [-0.05, 0) is 24.3 Å². The van der Waals surface area contributed by atoms with Gasteiger partial charge >= 0.3 is 0 Å². The van der Waals surface area contributed by atoms with Crippen LogP contribution < -0.4 is 11.1 Å². The summed E-state index contributed by atoms with van der Waals surface area (Å²) in [6.45, 7) is 0.605. The van der Waals surface area contributed by atoms with Gasteiger partial charge in [-0.3, -0.25) is 4.98 Å². The number of hydrogen-bond donors (Lipinski definition) is 3. The molecule has 0 aliphatic heterocycles. The molecule has 0 saturated heterocycles. The molecule has 2 aromatic rings. The normalized spacial score (nSPS) is 10.2. The molecule has 17 heavy (non-hydrogen) atoms. The number of nitrogens with two attached hydrogens (primary N) is 1. The van der Waals surface area contributed by atoms with Gasteiger partial charge < -0.3 is 16.2 Å². The Morgan fingerprint density at radius 3 is 2.88 bits per heavy atom. The van der Waals surface area contributed by atoms with Crippen LogP contribution in [0, 0.1) is 0 Å². The molecule has 0 saturated carbocycles. The molecule has 0 unspecified atom stereocenters. The van der Waals surface area contributed by atoms with Crippen molar-refractivity contribution in [3.05, 3.63) is 42.7 Å². The standard InChI is InChI=1S/C13H15N3O/c14-11-3-4-13(16-6-7-17)12(8-11)10-2-1-5-15-9-10/h1-5,8-9,16-17H,6-7,14H2. The van der Waals surface area contributed by atoms with Crippen molar-refractivity contribution in [2.24, 2.45) is 0 Å². The molecule has 2 rings (SSSR count). The summed E-state index contributed by atoms with van der Waals surface area (Å²) in [5, 5.41) is 12.0. The average molecular weight is 229 g/mol. The van der Waals surface area contributed by atoms with Crippen molar-refractivity contribution in [1.29, 1.82) is 0 Å². The predicted molar refractivity (Wildman–Crippen MR) is 69.7 cm³/mol. The summed E-state index contributed by atoms with van der Waals surface area (Å²) < 4.78 is 0. The van der Waals surface area contributed by atoms with Crippen molar-refractivity contribution in [2.75, 3.05) is 24.2 Å². The first-order valence-corrected chi connectivity index (χ1v) is 5.46. The van der Waals surface area contributed by atoms with E-state index in [1.807, 2.05) is 30.3 Å². The van der Waals surface area contributed by atoms with Gasteiger partial charge in [0.2, 0.25) is 0 Å². The fourth-order valence-corrected chi connectivity index (χ4v) is 1.67. The zero-order chi connectivity index (χ0) is 12.1. The third kappa shape index (κ3) is 2.73. The van der Waals surface area contributed by atoms with Gasteiger partial charge in [0, 0.05) is 41.4 Å². The van der Waals surface area contributed by atoms with E-state index >= 15 is 0 Å². The van der Waals surface area contributed by atoms with Crippen molar-refractivity contribution in [1.82, 2.24) is 4.98 Å². The van der Waals surface area contributed by atoms with Gasteiger partial charge in [0.15, 0.2) is 0 Å². The number of aliphatic hydroxyl groups is 1. The molecule has 0 bridgehead atoms. The summed E-state index contributed by atoms with van der Waals surface area (Å²) in [5.41, 5.74) is 9.44. The molecular weight excluding hydrogens is 214 g/mol. The van der Waals surface area contributed by atoms with E-state index < -0.39 is 0 Å². The molecule has 1 aromatic carbocycles. The number of pyridine rings is 1. The van der Waals surface area contributed by atoms with Crippen molar-refractivity contribution < 1.29 is 5.11 Å². The lowest BCUT2D eigenvalue weighted by atomic mass is 10.0. The largest absolute Gasteiger partial charge is 0.399 e. The molecule has 0 fully saturated rings. The molecule has 0 atom stereocenters. The maximum Gasteiger partial charge on any atom is 0.0604 e. The van der Waals surface area contributed by atoms with Crippen molar-refractivity contribution in [2.45, 2.75) is 0 Å². The highest BCUT2D eigenvalue weighted by Gasteiger charge is 2.05. The van der Waals surface area contributed by atoms with E-state index in [4.69, 9.17) is 10.8 Å². The third-order valence-corrected chi connectivity index (χ3v) is 2.44. The highest BCUT2D eigenvalue weighted by molar-refractivity contribution is 5.80. The summed E-state index contributed by atoms with van der Waals surface area (Å²) in [7, 11) is 0. The average Bonchev–Trinajstić information content (AvgIpc) is 2.38. The maximum atomic E-state index is 8.84. The minimum Gasteiger partial charge on any atom is -0.399 e. The number of benzene rings is 1. The predicted octanol–water partition coefficient (Wildman–Crippen LogP) is 1.73. The Labute approximate surface area is 100 Å². The van der Waals surface area contributed by atoms with E-state index in [0.717, 1.165) is 16.8 Å². The Morgan fingerprint density at radius 1 is 1.29 bits per heavy atom. The summed E-state index contributed by atoms with van der Waals surface area (Å²) in [5.74, 6) is 0. The second-order valence-electron chi connectivity index (χ2n) is 3.70. The first-order valence-electron chi connectivity index (χ1n) is 5.46. The Kier molecular flexibility index (Phi) is 3.57. The maximum absolute atomic E-state index is 8.84. The van der Waals surface area contributed by atoms with Gasteiger partial charge in [0.25, 0.3) is 0 Å². The molecule has 4 N–H and O–H groups in total. The number of nitrogens with zero attached hydrogens (tertiary/aromatic N) is 1. The number of rotatable bonds is 4. The molecule has 0 aliphatic carbocycles. The molecule has 88 valence electrons. The first kappa shape index (κ1) is 11.4. The summed E-state index contributed by atoms with van der Waals surface area (Å²) >= 11 is 0. The summed E-state index contributed by atoms with van der Waals surface area (Å²) in [6, 6.07) is 9.50. The molecule has 0 radical (unpaired) electrons. The van der Waals surface area contributed by atoms with E-state index in [-0.39, 0.29) is 6.61 Å². The molecule has 1 heterocycles. The van der Waals surface area contributed by atoms with Gasteiger partial charge in [-0.1, -0.05) is 6.07 Å². The second kappa shape index (κ2) is 5.32. The van der Waals surface area contributed by atoms with Crippen LogP contribution in [-0.2, 0) is 0 Å². The zero-order valence-electron chi connectivity index (χ0n) is 9.43. The van der Waals surface area contributed by atoms with Gasteiger partial charge in [-0.15, -0.1) is 0 Å². The van der Waals surface area contributed by atoms with Crippen LogP contribution in [0.2, 0.25) is 0 Å². The minimum absolute atomic E-state index is 0.0941. The minimum atomic E-state index is 0.0941. The highest BCUT2D eigenvalue weighted by Crippen LogP contribution is 2.29. The number of hydrogen-bond acceptors (Lipinski definition) is 4. The van der Waals surface area contributed by atoms with Crippen molar-refractivity contribution >= 4 is 11.4 Å². The second-order valence-corrected chi connectivity index (χ2v) is 3.70. The van der Waals surface area contributed by atoms with Crippen LogP contribution in [0.25, 0.3) is 11.1 Å². The number of nitrogens with one attached hydrogen (secondary N) is 1. The van der Waals surface area contributed by atoms with E-state index in [2.05, 4.69) is 10.3 Å². The lowest BCUT2D eigenvalue weighted by molar-refractivity contribution is 0.311. The number of anilines is 2. The Balaban J connectivity index is 2.40. The van der Waals surface area contributed by atoms with E-state index in [1.54, 1.807) is 12.4 Å². The Morgan fingerprint density at radius 2 is 2.18 bits per heavy atom. The van der Waals surface area contributed by atoms with Gasteiger partial charge in [0.05, 0.1) is 6.61 Å². The third-order valence-electron chi connectivity index (χ3n) is 2.44. The first-order chi connectivity index (χ1) is 8.31. The Hall–Kier alpha value is -2.07. The van der Waals surface area contributed by atoms with Crippen LogP contribution in [0.15, 0.2) is 42.7 Å². The van der Waals surface area contributed by atoms with E-state index in [1.165, 1.54) is 0 Å². The van der Waals surface area contributed by atoms with Gasteiger partial charge in [0.1, 0.15) is 0 Å². The molecule has 0 spiro atoms. The summed E-state index contributed by atoms with van der Waals surface area (Å²) in [6.07, 6.45) is 3.52. The molecule has 1 aromatic heterocycles. The molecule has 0 aliphatic rings. The SMILES string of the molecule is Nc1ccc(NCCO)c(-c2cccnc2)c1. The topological polar surface area (TPSA) is 71.2 Å². The molecule has 0 amide bonds. The fraction of sp³-hybridized carbons (Fsp3) is 0.154. The van der Waals surface area contributed by atoms with Crippen LogP contribution in [0.3, 0.4) is 0 Å². The molecule has 4 heteroatoms. The van der Waals surface area contributed by atoms with E-state index in [0.29, 0.717) is 12.2 Å². The zero-order valence-corrected chi connectivity index (χ0v) is 9.43. The molecular formula is C13H15N3O. The monoisotopic (exact) mass is 229 g/mol. The number of aliphatic hydroxyl groups excluding tert-OH is 1. The van der Waals surface area contributed by atoms with Crippen LogP contribution in [-0.4, -0.2) is 23.2 Å². The highest BCUT2D eigenvalue weighted by atomic mass is 16.3. The molecule has 4 nitrogen and oxygen atoms in total. The quantitative estimate of drug-likeness (QED) is 0.698. The van der Waals surface area contributed by atoms with Crippen molar-refractivity contribution in [3.8, 4) is 11.1 Å². The smallest absolute Gasteiger partial charge is 0.0604 e. The van der Waals surface area contributed by atoms with E-state index in [9.17, 15) is 0 Å². The van der Waals surface area contributed by atoms with Crippen molar-refractivity contribution in [3.63, 3.8) is 0 Å². The van der Waals surface area contributed by atoms with Gasteiger partial charge in [-0.25, -0.2) is 0 Å². The van der Waals surface area contributed by atoms with Crippen LogP contribution in [0.1, 0.15) is 0 Å². The van der Waals surface area contributed by atoms with Crippen LogP contribution in [0.5, 0.6) is 0 Å².